The standard InChI is InChI=1S/C18H20N2O3S/c1-12-6-7-15(13(2)11-12)24-17-14(5-4-9-19-17)18(23)20(3)10-8-16(21)22/h4-7,9,11H,8,10H2,1-3H3,(H,21,22). The second-order valence-electron chi connectivity index (χ2n) is 5.60. The van der Waals surface area contributed by atoms with E-state index in [1.165, 1.54) is 22.2 Å². The Balaban J connectivity index is 2.23. The SMILES string of the molecule is Cc1ccc(Sc2ncccc2C(=O)N(C)CCC(=O)O)c(C)c1. The number of pyridine rings is 1. The summed E-state index contributed by atoms with van der Waals surface area (Å²) in [6, 6.07) is 9.57. The summed E-state index contributed by atoms with van der Waals surface area (Å²) in [5, 5.41) is 9.38. The molecule has 126 valence electrons. The molecule has 0 saturated heterocycles. The minimum Gasteiger partial charge on any atom is -0.481 e. The lowest BCUT2D eigenvalue weighted by Gasteiger charge is -2.17. The smallest absolute Gasteiger partial charge is 0.305 e. The topological polar surface area (TPSA) is 70.5 Å². The Morgan fingerprint density at radius 1 is 1.25 bits per heavy atom. The van der Waals surface area contributed by atoms with E-state index in [2.05, 4.69) is 11.1 Å². The van der Waals surface area contributed by atoms with Gasteiger partial charge in [0, 0.05) is 24.7 Å². The highest BCUT2D eigenvalue weighted by atomic mass is 32.2. The predicted molar refractivity (Wildman–Crippen MR) is 93.5 cm³/mol. The number of amides is 1. The van der Waals surface area contributed by atoms with E-state index in [0.29, 0.717) is 10.6 Å². The molecule has 1 aromatic carbocycles. The van der Waals surface area contributed by atoms with E-state index in [4.69, 9.17) is 5.11 Å². The molecule has 0 radical (unpaired) electrons. The van der Waals surface area contributed by atoms with Gasteiger partial charge in [0.15, 0.2) is 0 Å². The number of carbonyl (C=O) groups excluding carboxylic acids is 1. The fourth-order valence-corrected chi connectivity index (χ4v) is 3.17. The maximum Gasteiger partial charge on any atom is 0.305 e. The molecule has 1 heterocycles. The number of hydrogen-bond acceptors (Lipinski definition) is 4. The lowest BCUT2D eigenvalue weighted by Crippen LogP contribution is -2.29. The second kappa shape index (κ2) is 7.97. The molecule has 5 nitrogen and oxygen atoms in total. The molecule has 1 N–H and O–H groups in total. The Morgan fingerprint density at radius 2 is 2.00 bits per heavy atom. The van der Waals surface area contributed by atoms with Crippen molar-refractivity contribution in [2.45, 2.75) is 30.2 Å². The molecule has 0 fully saturated rings. The largest absolute Gasteiger partial charge is 0.481 e. The number of carbonyl (C=O) groups is 2. The van der Waals surface area contributed by atoms with Gasteiger partial charge >= 0.3 is 5.97 Å². The van der Waals surface area contributed by atoms with Gasteiger partial charge in [-0.3, -0.25) is 9.59 Å². The van der Waals surface area contributed by atoms with Crippen molar-refractivity contribution in [3.63, 3.8) is 0 Å². The third-order valence-corrected chi connectivity index (χ3v) is 4.74. The van der Waals surface area contributed by atoms with Crippen LogP contribution in [0.25, 0.3) is 0 Å². The van der Waals surface area contributed by atoms with Gasteiger partial charge in [0.05, 0.1) is 12.0 Å². The van der Waals surface area contributed by atoms with Gasteiger partial charge in [-0.25, -0.2) is 4.98 Å². The Hall–Kier alpha value is -2.34. The van der Waals surface area contributed by atoms with Gasteiger partial charge in [0.1, 0.15) is 5.03 Å². The van der Waals surface area contributed by atoms with Crippen LogP contribution in [0.4, 0.5) is 0 Å². The molecule has 0 atom stereocenters. The van der Waals surface area contributed by atoms with Gasteiger partial charge < -0.3 is 10.0 Å². The van der Waals surface area contributed by atoms with E-state index in [9.17, 15) is 9.59 Å². The Kier molecular flexibility index (Phi) is 5.98. The molecule has 1 amide bonds. The third kappa shape index (κ3) is 4.58. The van der Waals surface area contributed by atoms with E-state index < -0.39 is 5.97 Å². The molecule has 0 unspecified atom stereocenters. The quantitative estimate of drug-likeness (QED) is 0.870. The van der Waals surface area contributed by atoms with E-state index in [1.807, 2.05) is 26.0 Å². The summed E-state index contributed by atoms with van der Waals surface area (Å²) in [5.74, 6) is -1.15. The third-order valence-electron chi connectivity index (χ3n) is 3.55. The molecule has 0 saturated carbocycles. The first kappa shape index (κ1) is 18.0. The summed E-state index contributed by atoms with van der Waals surface area (Å²) in [4.78, 5) is 30.1. The first-order valence-electron chi connectivity index (χ1n) is 7.56. The molecule has 0 spiro atoms. The zero-order valence-electron chi connectivity index (χ0n) is 13.9. The van der Waals surface area contributed by atoms with Crippen LogP contribution in [-0.2, 0) is 4.79 Å². The van der Waals surface area contributed by atoms with Crippen molar-refractivity contribution in [2.75, 3.05) is 13.6 Å². The van der Waals surface area contributed by atoms with Crippen molar-refractivity contribution in [1.29, 1.82) is 0 Å². The van der Waals surface area contributed by atoms with Crippen LogP contribution >= 0.6 is 11.8 Å². The Bertz CT molecular complexity index is 762. The number of carboxylic acid groups (broad SMARTS) is 1. The van der Waals surface area contributed by atoms with Gasteiger partial charge in [0.25, 0.3) is 5.91 Å². The summed E-state index contributed by atoms with van der Waals surface area (Å²) < 4.78 is 0. The van der Waals surface area contributed by atoms with Gasteiger partial charge in [-0.1, -0.05) is 29.5 Å². The second-order valence-corrected chi connectivity index (χ2v) is 6.63. The lowest BCUT2D eigenvalue weighted by molar-refractivity contribution is -0.137. The maximum absolute atomic E-state index is 12.6. The number of aromatic nitrogens is 1. The van der Waals surface area contributed by atoms with E-state index in [1.54, 1.807) is 25.4 Å². The summed E-state index contributed by atoms with van der Waals surface area (Å²) in [6.07, 6.45) is 1.57. The van der Waals surface area contributed by atoms with Gasteiger partial charge in [-0.05, 0) is 37.6 Å². The highest BCUT2D eigenvalue weighted by Gasteiger charge is 2.18. The minimum absolute atomic E-state index is 0.0813. The molecule has 0 aliphatic rings. The first-order chi connectivity index (χ1) is 11.4. The monoisotopic (exact) mass is 344 g/mol. The van der Waals surface area contributed by atoms with E-state index in [0.717, 1.165) is 10.5 Å². The summed E-state index contributed by atoms with van der Waals surface area (Å²) in [6.45, 7) is 4.23. The van der Waals surface area contributed by atoms with Crippen LogP contribution in [0.3, 0.4) is 0 Å². The Morgan fingerprint density at radius 3 is 2.67 bits per heavy atom. The van der Waals surface area contributed by atoms with Crippen LogP contribution in [0.1, 0.15) is 27.9 Å². The molecule has 1 aromatic heterocycles. The number of carboxylic acids is 1. The summed E-state index contributed by atoms with van der Waals surface area (Å²) in [7, 11) is 1.60. The van der Waals surface area contributed by atoms with Gasteiger partial charge in [-0.2, -0.15) is 0 Å². The molecular weight excluding hydrogens is 324 g/mol. The maximum atomic E-state index is 12.6. The van der Waals surface area contributed by atoms with E-state index >= 15 is 0 Å². The fraction of sp³-hybridized carbons (Fsp3) is 0.278. The average molecular weight is 344 g/mol. The van der Waals surface area contributed by atoms with Crippen molar-refractivity contribution < 1.29 is 14.7 Å². The van der Waals surface area contributed by atoms with Crippen molar-refractivity contribution in [2.24, 2.45) is 0 Å². The van der Waals surface area contributed by atoms with Gasteiger partial charge in [0.2, 0.25) is 0 Å². The summed E-state index contributed by atoms with van der Waals surface area (Å²) in [5.41, 5.74) is 2.79. The molecule has 24 heavy (non-hydrogen) atoms. The van der Waals surface area contributed by atoms with E-state index in [-0.39, 0.29) is 18.9 Å². The highest BCUT2D eigenvalue weighted by molar-refractivity contribution is 7.99. The molecule has 0 aliphatic heterocycles. The first-order valence-corrected chi connectivity index (χ1v) is 8.37. The predicted octanol–water partition coefficient (Wildman–Crippen LogP) is 3.40. The van der Waals surface area contributed by atoms with Crippen LogP contribution in [0.2, 0.25) is 0 Å². The van der Waals surface area contributed by atoms with Gasteiger partial charge in [-0.15, -0.1) is 0 Å². The minimum atomic E-state index is -0.925. The highest BCUT2D eigenvalue weighted by Crippen LogP contribution is 2.31. The normalized spacial score (nSPS) is 10.5. The van der Waals surface area contributed by atoms with Crippen LogP contribution in [0, 0.1) is 13.8 Å². The number of hydrogen-bond donors (Lipinski definition) is 1. The van der Waals surface area contributed by atoms with Crippen LogP contribution in [0.15, 0.2) is 46.5 Å². The number of aryl methyl sites for hydroxylation is 2. The Labute approximate surface area is 145 Å². The fourth-order valence-electron chi connectivity index (χ4n) is 2.22. The van der Waals surface area contributed by atoms with Crippen molar-refractivity contribution >= 4 is 23.6 Å². The van der Waals surface area contributed by atoms with Crippen LogP contribution in [-0.4, -0.2) is 40.5 Å². The lowest BCUT2D eigenvalue weighted by atomic mass is 10.2. The molecule has 0 aliphatic carbocycles. The average Bonchev–Trinajstić information content (AvgIpc) is 2.55. The van der Waals surface area contributed by atoms with Crippen LogP contribution < -0.4 is 0 Å². The zero-order valence-corrected chi connectivity index (χ0v) is 14.8. The number of nitrogens with zero attached hydrogens (tertiary/aromatic N) is 2. The zero-order chi connectivity index (χ0) is 17.7. The van der Waals surface area contributed by atoms with Crippen LogP contribution in [0.5, 0.6) is 0 Å². The molecule has 0 bridgehead atoms. The molecule has 2 rings (SSSR count). The number of aliphatic carboxylic acids is 1. The molecule has 2 aromatic rings. The van der Waals surface area contributed by atoms with Crippen molar-refractivity contribution in [1.82, 2.24) is 9.88 Å². The number of benzene rings is 1. The summed E-state index contributed by atoms with van der Waals surface area (Å²) >= 11 is 1.44. The number of rotatable bonds is 6. The molecular formula is C18H20N2O3S. The molecule has 6 heteroatoms. The van der Waals surface area contributed by atoms with Crippen molar-refractivity contribution in [3.05, 3.63) is 53.2 Å². The van der Waals surface area contributed by atoms with Crippen molar-refractivity contribution in [3.8, 4) is 0 Å².